The summed E-state index contributed by atoms with van der Waals surface area (Å²) in [6, 6.07) is 8.50. The van der Waals surface area contributed by atoms with Gasteiger partial charge in [-0.3, -0.25) is 0 Å². The maximum atomic E-state index is 13.9. The number of nitrogens with zero attached hydrogens (tertiary/aromatic N) is 1. The molecule has 0 aromatic heterocycles. The average Bonchev–Trinajstić information content (AvgIpc) is 2.46. The first-order valence-corrected chi connectivity index (χ1v) is 8.17. The first kappa shape index (κ1) is 18.0. The number of hydrogen-bond donors (Lipinski definition) is 1. The molecule has 2 nitrogen and oxygen atoms in total. The molecule has 0 aliphatic carbocycles. The lowest BCUT2D eigenvalue weighted by Crippen LogP contribution is -2.31. The molecule has 0 heterocycles. The van der Waals surface area contributed by atoms with E-state index < -0.39 is 0 Å². The smallest absolute Gasteiger partial charge is 0.173 e. The number of hydrogen-bond acceptors (Lipinski definition) is 1. The molecular formula is C17H17Cl2FN2S. The molecule has 0 unspecified atom stereocenters. The van der Waals surface area contributed by atoms with E-state index in [2.05, 4.69) is 5.32 Å². The Labute approximate surface area is 151 Å². The van der Waals surface area contributed by atoms with Crippen LogP contribution in [0.4, 0.5) is 10.1 Å². The molecule has 122 valence electrons. The summed E-state index contributed by atoms with van der Waals surface area (Å²) in [7, 11) is 1.77. The Morgan fingerprint density at radius 3 is 2.52 bits per heavy atom. The van der Waals surface area contributed by atoms with Gasteiger partial charge in [0.25, 0.3) is 0 Å². The van der Waals surface area contributed by atoms with Crippen LogP contribution < -0.4 is 5.32 Å². The summed E-state index contributed by atoms with van der Waals surface area (Å²) in [5, 5.41) is 4.55. The van der Waals surface area contributed by atoms with Crippen molar-refractivity contribution in [1.29, 1.82) is 0 Å². The lowest BCUT2D eigenvalue weighted by atomic mass is 10.1. The molecule has 0 amide bonds. The molecule has 0 bridgehead atoms. The van der Waals surface area contributed by atoms with Gasteiger partial charge >= 0.3 is 0 Å². The molecule has 23 heavy (non-hydrogen) atoms. The van der Waals surface area contributed by atoms with Crippen LogP contribution in [-0.4, -0.2) is 17.1 Å². The third-order valence-corrected chi connectivity index (χ3v) is 4.53. The molecule has 0 saturated carbocycles. The van der Waals surface area contributed by atoms with Gasteiger partial charge in [-0.25, -0.2) is 4.39 Å². The van der Waals surface area contributed by atoms with E-state index in [4.69, 9.17) is 35.4 Å². The van der Waals surface area contributed by atoms with Gasteiger partial charge < -0.3 is 10.2 Å². The maximum Gasteiger partial charge on any atom is 0.173 e. The molecule has 0 saturated heterocycles. The van der Waals surface area contributed by atoms with E-state index in [1.165, 1.54) is 6.07 Å². The Balaban J connectivity index is 2.15. The summed E-state index contributed by atoms with van der Waals surface area (Å²) in [5.41, 5.74) is 3.24. The second kappa shape index (κ2) is 7.47. The van der Waals surface area contributed by atoms with Crippen molar-refractivity contribution in [1.82, 2.24) is 4.90 Å². The fourth-order valence-electron chi connectivity index (χ4n) is 2.27. The molecule has 0 atom stereocenters. The Morgan fingerprint density at radius 1 is 1.22 bits per heavy atom. The highest BCUT2D eigenvalue weighted by molar-refractivity contribution is 7.80. The van der Waals surface area contributed by atoms with Crippen molar-refractivity contribution in [2.75, 3.05) is 12.4 Å². The van der Waals surface area contributed by atoms with Crippen molar-refractivity contribution < 1.29 is 4.39 Å². The molecule has 2 rings (SSSR count). The van der Waals surface area contributed by atoms with Crippen LogP contribution in [0.25, 0.3) is 0 Å². The molecule has 6 heteroatoms. The highest BCUT2D eigenvalue weighted by Crippen LogP contribution is 2.28. The van der Waals surface area contributed by atoms with Crippen molar-refractivity contribution in [3.05, 3.63) is 62.9 Å². The molecule has 2 aromatic rings. The second-order valence-corrected chi connectivity index (χ2v) is 6.63. The Hall–Kier alpha value is -1.36. The molecule has 2 aromatic carbocycles. The number of thiocarbonyl (C=S) groups is 1. The van der Waals surface area contributed by atoms with E-state index in [0.717, 1.165) is 16.8 Å². The van der Waals surface area contributed by atoms with Crippen LogP contribution in [0.1, 0.15) is 16.7 Å². The van der Waals surface area contributed by atoms with Gasteiger partial charge in [0.05, 0.1) is 10.7 Å². The van der Waals surface area contributed by atoms with Gasteiger partial charge in [-0.15, -0.1) is 0 Å². The number of halogens is 3. The second-order valence-electron chi connectivity index (χ2n) is 5.43. The van der Waals surface area contributed by atoms with Crippen LogP contribution in [0.5, 0.6) is 0 Å². The Morgan fingerprint density at radius 2 is 1.91 bits per heavy atom. The minimum atomic E-state index is -0.350. The van der Waals surface area contributed by atoms with Gasteiger partial charge in [0.2, 0.25) is 0 Å². The Bertz CT molecular complexity index is 706. The maximum absolute atomic E-state index is 13.9. The van der Waals surface area contributed by atoms with E-state index in [0.29, 0.717) is 20.7 Å². The van der Waals surface area contributed by atoms with Crippen molar-refractivity contribution >= 4 is 46.2 Å². The van der Waals surface area contributed by atoms with Crippen molar-refractivity contribution in [2.45, 2.75) is 20.4 Å². The fourth-order valence-corrected chi connectivity index (χ4v) is 3.03. The fraction of sp³-hybridized carbons (Fsp3) is 0.235. The normalized spacial score (nSPS) is 10.5. The first-order valence-electron chi connectivity index (χ1n) is 7.01. The lowest BCUT2D eigenvalue weighted by molar-refractivity contribution is 0.486. The zero-order valence-corrected chi connectivity index (χ0v) is 15.4. The summed E-state index contributed by atoms with van der Waals surface area (Å²) in [4.78, 5) is 1.72. The van der Waals surface area contributed by atoms with Gasteiger partial charge in [0, 0.05) is 24.2 Å². The molecule has 0 radical (unpaired) electrons. The predicted octanol–water partition coefficient (Wildman–Crippen LogP) is 5.58. The number of benzene rings is 2. The summed E-state index contributed by atoms with van der Waals surface area (Å²) >= 11 is 17.7. The van der Waals surface area contributed by atoms with Gasteiger partial charge in [0.15, 0.2) is 5.11 Å². The van der Waals surface area contributed by atoms with Crippen molar-refractivity contribution in [2.24, 2.45) is 0 Å². The molecular weight excluding hydrogens is 354 g/mol. The van der Waals surface area contributed by atoms with Crippen molar-refractivity contribution in [3.8, 4) is 0 Å². The molecule has 0 aliphatic heterocycles. The monoisotopic (exact) mass is 370 g/mol. The lowest BCUT2D eigenvalue weighted by Gasteiger charge is -2.23. The van der Waals surface area contributed by atoms with E-state index in [1.54, 1.807) is 24.1 Å². The average molecular weight is 371 g/mol. The van der Waals surface area contributed by atoms with Gasteiger partial charge in [-0.05, 0) is 55.4 Å². The molecule has 0 aliphatic rings. The molecule has 0 spiro atoms. The Kier molecular flexibility index (Phi) is 5.84. The van der Waals surface area contributed by atoms with E-state index >= 15 is 0 Å². The minimum absolute atomic E-state index is 0.264. The third kappa shape index (κ3) is 4.34. The van der Waals surface area contributed by atoms with Gasteiger partial charge in [-0.1, -0.05) is 35.3 Å². The van der Waals surface area contributed by atoms with Gasteiger partial charge in [0.1, 0.15) is 5.82 Å². The zero-order valence-electron chi connectivity index (χ0n) is 13.1. The highest BCUT2D eigenvalue weighted by Gasteiger charge is 2.14. The minimum Gasteiger partial charge on any atom is -0.348 e. The number of aryl methyl sites for hydroxylation is 2. The summed E-state index contributed by atoms with van der Waals surface area (Å²) in [6.45, 7) is 4.20. The highest BCUT2D eigenvalue weighted by atomic mass is 35.5. The number of rotatable bonds is 3. The van der Waals surface area contributed by atoms with Crippen LogP contribution in [0.2, 0.25) is 10.0 Å². The molecule has 0 fully saturated rings. The first-order chi connectivity index (χ1) is 10.8. The summed E-state index contributed by atoms with van der Waals surface area (Å²) < 4.78 is 13.9. The van der Waals surface area contributed by atoms with E-state index in [9.17, 15) is 4.39 Å². The summed E-state index contributed by atoms with van der Waals surface area (Å²) in [5.74, 6) is -0.350. The zero-order chi connectivity index (χ0) is 17.1. The van der Waals surface area contributed by atoms with Gasteiger partial charge in [-0.2, -0.15) is 0 Å². The van der Waals surface area contributed by atoms with Crippen molar-refractivity contribution in [3.63, 3.8) is 0 Å². The van der Waals surface area contributed by atoms with Crippen LogP contribution >= 0.6 is 35.4 Å². The van der Waals surface area contributed by atoms with Crippen LogP contribution in [0.15, 0.2) is 30.3 Å². The topological polar surface area (TPSA) is 15.3 Å². The van der Waals surface area contributed by atoms with Crippen LogP contribution in [0, 0.1) is 19.7 Å². The quantitative estimate of drug-likeness (QED) is 0.710. The number of anilines is 1. The largest absolute Gasteiger partial charge is 0.348 e. The predicted molar refractivity (Wildman–Crippen MR) is 100 cm³/mol. The van der Waals surface area contributed by atoms with E-state index in [-0.39, 0.29) is 12.4 Å². The molecule has 1 N–H and O–H groups in total. The van der Waals surface area contributed by atoms with Crippen LogP contribution in [0.3, 0.4) is 0 Å². The van der Waals surface area contributed by atoms with Crippen LogP contribution in [-0.2, 0) is 6.54 Å². The third-order valence-electron chi connectivity index (χ3n) is 3.47. The standard InChI is InChI=1S/C17H17Cl2FN2S/c1-10-7-11(2)16(14(19)8-10)21-17(23)22(3)9-12-13(18)5-4-6-15(12)20/h4-8H,9H2,1-3H3,(H,21,23). The summed E-state index contributed by atoms with van der Waals surface area (Å²) in [6.07, 6.45) is 0. The van der Waals surface area contributed by atoms with E-state index in [1.807, 2.05) is 26.0 Å². The number of nitrogens with one attached hydrogen (secondary N) is 1. The SMILES string of the molecule is Cc1cc(C)c(NC(=S)N(C)Cc2c(F)cccc2Cl)c(Cl)c1.